The number of nitrogens with zero attached hydrogens (tertiary/aromatic N) is 3. The lowest BCUT2D eigenvalue weighted by molar-refractivity contribution is -0.129. The summed E-state index contributed by atoms with van der Waals surface area (Å²) in [6.07, 6.45) is 6.11. The Morgan fingerprint density at radius 3 is 2.50 bits per heavy atom. The number of amides is 1. The Balaban J connectivity index is 1.71. The molecule has 1 N–H and O–H groups in total. The van der Waals surface area contributed by atoms with Gasteiger partial charge in [0.1, 0.15) is 0 Å². The molecule has 0 spiro atoms. The lowest BCUT2D eigenvalue weighted by Gasteiger charge is -2.34. The second kappa shape index (κ2) is 12.1. The molecular weight excluding hydrogens is 332 g/mol. The largest absolute Gasteiger partial charge is 0.385 e. The fraction of sp³-hybridized carbons (Fsp3) is 0.895. The van der Waals surface area contributed by atoms with E-state index in [0.717, 1.165) is 84.0 Å². The highest BCUT2D eigenvalue weighted by Gasteiger charge is 2.22. The van der Waals surface area contributed by atoms with Gasteiger partial charge in [-0.15, -0.1) is 0 Å². The number of carbonyl (C=O) groups is 1. The van der Waals surface area contributed by atoms with Gasteiger partial charge in [-0.2, -0.15) is 0 Å². The summed E-state index contributed by atoms with van der Waals surface area (Å²) in [5.74, 6) is 1.17. The second-order valence-electron chi connectivity index (χ2n) is 6.98. The molecule has 0 atom stereocenters. The SMILES string of the molecule is CCNC(=NCCC(=O)N1CCCC1)N1CCC(OCCCOC)CC1. The number of piperidine rings is 1. The Bertz CT molecular complexity index is 431. The van der Waals surface area contributed by atoms with Gasteiger partial charge in [0, 0.05) is 59.5 Å². The molecule has 2 heterocycles. The maximum absolute atomic E-state index is 12.1. The zero-order valence-electron chi connectivity index (χ0n) is 16.5. The van der Waals surface area contributed by atoms with E-state index in [0.29, 0.717) is 19.1 Å². The summed E-state index contributed by atoms with van der Waals surface area (Å²) >= 11 is 0. The van der Waals surface area contributed by atoms with Gasteiger partial charge in [-0.1, -0.05) is 0 Å². The molecule has 2 aliphatic rings. The molecule has 0 bridgehead atoms. The minimum atomic E-state index is 0.241. The van der Waals surface area contributed by atoms with E-state index < -0.39 is 0 Å². The number of rotatable bonds is 9. The molecule has 2 rings (SSSR count). The number of methoxy groups -OCH3 is 1. The molecule has 0 radical (unpaired) electrons. The fourth-order valence-electron chi connectivity index (χ4n) is 3.50. The molecule has 2 saturated heterocycles. The summed E-state index contributed by atoms with van der Waals surface area (Å²) in [6, 6.07) is 0. The monoisotopic (exact) mass is 368 g/mol. The van der Waals surface area contributed by atoms with Crippen molar-refractivity contribution in [3.63, 3.8) is 0 Å². The lowest BCUT2D eigenvalue weighted by atomic mass is 10.1. The van der Waals surface area contributed by atoms with Crippen LogP contribution in [0.1, 0.15) is 45.4 Å². The molecule has 26 heavy (non-hydrogen) atoms. The van der Waals surface area contributed by atoms with E-state index in [4.69, 9.17) is 9.47 Å². The average molecular weight is 369 g/mol. The van der Waals surface area contributed by atoms with Gasteiger partial charge in [-0.05, 0) is 39.0 Å². The standard InChI is InChI=1S/C19H36N4O3/c1-3-20-19(21-10-7-18(24)22-11-4-5-12-22)23-13-8-17(9-14-23)26-16-6-15-25-2/h17H,3-16H2,1-2H3,(H,20,21). The predicted molar refractivity (Wildman–Crippen MR) is 103 cm³/mol. The summed E-state index contributed by atoms with van der Waals surface area (Å²) in [5.41, 5.74) is 0. The number of aliphatic imine (C=N–C) groups is 1. The normalized spacial score (nSPS) is 19.2. The van der Waals surface area contributed by atoms with Crippen LogP contribution in [0.4, 0.5) is 0 Å². The van der Waals surface area contributed by atoms with Crippen LogP contribution in [0.25, 0.3) is 0 Å². The summed E-state index contributed by atoms with van der Waals surface area (Å²) in [5, 5.41) is 3.36. The molecule has 0 aromatic carbocycles. The minimum absolute atomic E-state index is 0.241. The van der Waals surface area contributed by atoms with Crippen molar-refractivity contribution in [2.24, 2.45) is 4.99 Å². The van der Waals surface area contributed by atoms with Crippen LogP contribution in [0.5, 0.6) is 0 Å². The summed E-state index contributed by atoms with van der Waals surface area (Å²) in [6.45, 7) is 8.73. The van der Waals surface area contributed by atoms with Crippen molar-refractivity contribution in [3.05, 3.63) is 0 Å². The van der Waals surface area contributed by atoms with E-state index in [1.165, 1.54) is 0 Å². The van der Waals surface area contributed by atoms with Gasteiger partial charge < -0.3 is 24.6 Å². The summed E-state index contributed by atoms with van der Waals surface area (Å²) < 4.78 is 11.0. The molecule has 2 aliphatic heterocycles. The van der Waals surface area contributed by atoms with Gasteiger partial charge in [-0.25, -0.2) is 0 Å². The third kappa shape index (κ3) is 7.11. The molecular formula is C19H36N4O3. The van der Waals surface area contributed by atoms with E-state index in [2.05, 4.69) is 22.1 Å². The van der Waals surface area contributed by atoms with Gasteiger partial charge in [0.2, 0.25) is 5.91 Å². The first-order chi connectivity index (χ1) is 12.7. The Hall–Kier alpha value is -1.34. The zero-order valence-corrected chi connectivity index (χ0v) is 16.5. The van der Waals surface area contributed by atoms with Gasteiger partial charge in [0.15, 0.2) is 5.96 Å². The quantitative estimate of drug-likeness (QED) is 0.379. The average Bonchev–Trinajstić information content (AvgIpc) is 3.20. The van der Waals surface area contributed by atoms with Gasteiger partial charge in [-0.3, -0.25) is 9.79 Å². The Labute approximate surface area is 158 Å². The number of carbonyl (C=O) groups excluding carboxylic acids is 1. The Morgan fingerprint density at radius 2 is 1.85 bits per heavy atom. The first kappa shape index (κ1) is 21.0. The van der Waals surface area contributed by atoms with Crippen LogP contribution in [0, 0.1) is 0 Å². The van der Waals surface area contributed by atoms with Crippen LogP contribution in [-0.4, -0.2) is 87.4 Å². The van der Waals surface area contributed by atoms with Crippen molar-refractivity contribution >= 4 is 11.9 Å². The highest BCUT2D eigenvalue weighted by Crippen LogP contribution is 2.14. The first-order valence-electron chi connectivity index (χ1n) is 10.2. The molecule has 1 amide bonds. The molecule has 150 valence electrons. The molecule has 0 aromatic heterocycles. The molecule has 0 aliphatic carbocycles. The first-order valence-corrected chi connectivity index (χ1v) is 10.2. The second-order valence-corrected chi connectivity index (χ2v) is 6.98. The number of likely N-dealkylation sites (tertiary alicyclic amines) is 2. The van der Waals surface area contributed by atoms with Crippen LogP contribution in [0.3, 0.4) is 0 Å². The summed E-state index contributed by atoms with van der Waals surface area (Å²) in [4.78, 5) is 21.1. The highest BCUT2D eigenvalue weighted by molar-refractivity contribution is 5.81. The number of nitrogens with one attached hydrogen (secondary N) is 1. The minimum Gasteiger partial charge on any atom is -0.385 e. The summed E-state index contributed by atoms with van der Waals surface area (Å²) in [7, 11) is 1.72. The lowest BCUT2D eigenvalue weighted by Crippen LogP contribution is -2.47. The highest BCUT2D eigenvalue weighted by atomic mass is 16.5. The number of guanidine groups is 1. The Morgan fingerprint density at radius 1 is 1.12 bits per heavy atom. The van der Waals surface area contributed by atoms with Crippen molar-refractivity contribution in [2.45, 2.75) is 51.6 Å². The van der Waals surface area contributed by atoms with Crippen molar-refractivity contribution in [3.8, 4) is 0 Å². The zero-order chi connectivity index (χ0) is 18.6. The molecule has 0 unspecified atom stereocenters. The van der Waals surface area contributed by atoms with Crippen molar-refractivity contribution in [1.29, 1.82) is 0 Å². The van der Waals surface area contributed by atoms with Crippen molar-refractivity contribution in [2.75, 3.05) is 59.6 Å². The fourth-order valence-corrected chi connectivity index (χ4v) is 3.50. The van der Waals surface area contributed by atoms with Crippen LogP contribution >= 0.6 is 0 Å². The smallest absolute Gasteiger partial charge is 0.224 e. The maximum atomic E-state index is 12.1. The van der Waals surface area contributed by atoms with Crippen LogP contribution < -0.4 is 5.32 Å². The van der Waals surface area contributed by atoms with Crippen molar-refractivity contribution in [1.82, 2.24) is 15.1 Å². The van der Waals surface area contributed by atoms with E-state index in [9.17, 15) is 4.79 Å². The number of ether oxygens (including phenoxy) is 2. The van der Waals surface area contributed by atoms with E-state index >= 15 is 0 Å². The predicted octanol–water partition coefficient (Wildman–Crippen LogP) is 1.48. The molecule has 7 heteroatoms. The third-order valence-corrected chi connectivity index (χ3v) is 4.97. The van der Waals surface area contributed by atoms with Gasteiger partial charge >= 0.3 is 0 Å². The molecule has 0 saturated carbocycles. The van der Waals surface area contributed by atoms with Crippen molar-refractivity contribution < 1.29 is 14.3 Å². The Kier molecular flexibility index (Phi) is 9.77. The number of hydrogen-bond acceptors (Lipinski definition) is 4. The van der Waals surface area contributed by atoms with E-state index in [1.54, 1.807) is 7.11 Å². The topological polar surface area (TPSA) is 66.4 Å². The van der Waals surface area contributed by atoms with E-state index in [1.807, 2.05) is 4.90 Å². The third-order valence-electron chi connectivity index (χ3n) is 4.97. The molecule has 2 fully saturated rings. The van der Waals surface area contributed by atoms with Gasteiger partial charge in [0.25, 0.3) is 0 Å². The van der Waals surface area contributed by atoms with Crippen LogP contribution in [0.2, 0.25) is 0 Å². The maximum Gasteiger partial charge on any atom is 0.224 e. The molecule has 0 aromatic rings. The van der Waals surface area contributed by atoms with Gasteiger partial charge in [0.05, 0.1) is 12.6 Å². The van der Waals surface area contributed by atoms with E-state index in [-0.39, 0.29) is 5.91 Å². The molecule has 7 nitrogen and oxygen atoms in total. The van der Waals surface area contributed by atoms with Crippen LogP contribution in [-0.2, 0) is 14.3 Å². The number of hydrogen-bond donors (Lipinski definition) is 1. The van der Waals surface area contributed by atoms with Crippen LogP contribution in [0.15, 0.2) is 4.99 Å².